The van der Waals surface area contributed by atoms with E-state index in [1.807, 2.05) is 41.3 Å². The minimum Gasteiger partial charge on any atom is -0.453 e. The van der Waals surface area contributed by atoms with Crippen LogP contribution in [0.2, 0.25) is 0 Å². The van der Waals surface area contributed by atoms with Gasteiger partial charge in [-0.3, -0.25) is 4.79 Å². The lowest BCUT2D eigenvalue weighted by molar-refractivity contribution is -0.146. The molecule has 1 N–H and O–H groups in total. The topological polar surface area (TPSA) is 58.6 Å². The molecule has 36 heavy (non-hydrogen) atoms. The van der Waals surface area contributed by atoms with Crippen LogP contribution < -0.4 is 5.32 Å². The maximum absolute atomic E-state index is 13.2. The second kappa shape index (κ2) is 12.8. The highest BCUT2D eigenvalue weighted by atomic mass is 19.4. The highest BCUT2D eigenvalue weighted by molar-refractivity contribution is 5.95. The van der Waals surface area contributed by atoms with E-state index < -0.39 is 18.2 Å². The predicted octanol–water partition coefficient (Wildman–Crippen LogP) is 6.56. The van der Waals surface area contributed by atoms with Gasteiger partial charge in [-0.25, -0.2) is 4.79 Å². The largest absolute Gasteiger partial charge is 0.453 e. The molecule has 2 aromatic rings. The third-order valence-corrected chi connectivity index (χ3v) is 6.92. The second-order valence-electron chi connectivity index (χ2n) is 9.53. The molecule has 8 heteroatoms. The van der Waals surface area contributed by atoms with Crippen LogP contribution in [0.15, 0.2) is 60.7 Å². The van der Waals surface area contributed by atoms with E-state index >= 15 is 0 Å². The Balaban J connectivity index is 0.000000526. The van der Waals surface area contributed by atoms with E-state index in [9.17, 15) is 22.8 Å². The Kier molecular flexibility index (Phi) is 9.79. The van der Waals surface area contributed by atoms with Gasteiger partial charge in [0.05, 0.1) is 13.0 Å². The average Bonchev–Trinajstić information content (AvgIpc) is 3.74. The highest BCUT2D eigenvalue weighted by Crippen LogP contribution is 2.37. The van der Waals surface area contributed by atoms with E-state index in [1.54, 1.807) is 0 Å². The molecule has 2 amide bonds. The molecule has 0 radical (unpaired) electrons. The van der Waals surface area contributed by atoms with Crippen LogP contribution in [0.1, 0.15) is 67.3 Å². The molecule has 0 aromatic heterocycles. The second-order valence-corrected chi connectivity index (χ2v) is 9.53. The minimum absolute atomic E-state index is 0.0974. The van der Waals surface area contributed by atoms with Crippen molar-refractivity contribution < 1.29 is 27.5 Å². The van der Waals surface area contributed by atoms with Crippen molar-refractivity contribution in [2.75, 3.05) is 13.7 Å². The first-order chi connectivity index (χ1) is 17.2. The van der Waals surface area contributed by atoms with Gasteiger partial charge in [0.25, 0.3) is 5.91 Å². The monoisotopic (exact) mass is 504 g/mol. The Morgan fingerprint density at radius 1 is 0.917 bits per heavy atom. The molecule has 0 spiro atoms. The molecule has 2 aliphatic carbocycles. The number of rotatable bonds is 6. The fourth-order valence-corrected chi connectivity index (χ4v) is 4.55. The number of ether oxygens (including phenoxy) is 1. The summed E-state index contributed by atoms with van der Waals surface area (Å²) >= 11 is 0. The van der Waals surface area contributed by atoms with Gasteiger partial charge in [0.2, 0.25) is 0 Å². The summed E-state index contributed by atoms with van der Waals surface area (Å²) in [7, 11) is 1.33. The van der Waals surface area contributed by atoms with Crippen molar-refractivity contribution >= 4 is 12.0 Å². The minimum atomic E-state index is -4.30. The van der Waals surface area contributed by atoms with E-state index in [0.29, 0.717) is 18.0 Å². The number of hydrogen-bond donors (Lipinski definition) is 1. The Hall–Kier alpha value is -3.03. The van der Waals surface area contributed by atoms with Crippen LogP contribution in [-0.2, 0) is 4.74 Å². The average molecular weight is 505 g/mol. The number of methoxy groups -OCH3 is 1. The van der Waals surface area contributed by atoms with Crippen molar-refractivity contribution in [3.05, 3.63) is 71.8 Å². The van der Waals surface area contributed by atoms with Crippen LogP contribution >= 0.6 is 0 Å². The Labute approximate surface area is 211 Å². The van der Waals surface area contributed by atoms with Crippen LogP contribution in [0.25, 0.3) is 0 Å². The maximum atomic E-state index is 13.2. The number of carbonyl (C=O) groups is 2. The van der Waals surface area contributed by atoms with Gasteiger partial charge in [-0.05, 0) is 69.1 Å². The van der Waals surface area contributed by atoms with Gasteiger partial charge < -0.3 is 15.0 Å². The van der Waals surface area contributed by atoms with Crippen molar-refractivity contribution in [2.24, 2.45) is 5.92 Å². The first-order valence-corrected chi connectivity index (χ1v) is 12.5. The number of carbonyl (C=O) groups excluding carboxylic acids is 2. The SMILES string of the molecule is COC(=O)NCC1CCC(N(C(=O)c2ccc([C@@H](C)C(F)(F)F)cc2)C2CC2)CC1.c1ccccc1. The quantitative estimate of drug-likeness (QED) is 0.485. The summed E-state index contributed by atoms with van der Waals surface area (Å²) in [6, 6.07) is 18.2. The number of nitrogens with zero attached hydrogens (tertiary/aromatic N) is 1. The van der Waals surface area contributed by atoms with Crippen molar-refractivity contribution in [1.82, 2.24) is 10.2 Å². The molecule has 0 aliphatic heterocycles. The van der Waals surface area contributed by atoms with Gasteiger partial charge in [-0.15, -0.1) is 0 Å². The molecular weight excluding hydrogens is 469 g/mol. The van der Waals surface area contributed by atoms with Gasteiger partial charge in [0.1, 0.15) is 0 Å². The Morgan fingerprint density at radius 2 is 1.39 bits per heavy atom. The highest BCUT2D eigenvalue weighted by Gasteiger charge is 2.40. The lowest BCUT2D eigenvalue weighted by Gasteiger charge is -2.37. The number of halogens is 3. The smallest absolute Gasteiger partial charge is 0.406 e. The first kappa shape index (κ1) is 27.6. The lowest BCUT2D eigenvalue weighted by atomic mass is 9.85. The van der Waals surface area contributed by atoms with Crippen LogP contribution in [0, 0.1) is 5.92 Å². The molecule has 196 valence electrons. The molecule has 0 saturated heterocycles. The van der Waals surface area contributed by atoms with E-state index in [4.69, 9.17) is 0 Å². The fourth-order valence-electron chi connectivity index (χ4n) is 4.55. The van der Waals surface area contributed by atoms with Crippen molar-refractivity contribution in [2.45, 2.75) is 69.6 Å². The molecule has 0 unspecified atom stereocenters. The van der Waals surface area contributed by atoms with Crippen molar-refractivity contribution in [3.8, 4) is 0 Å². The van der Waals surface area contributed by atoms with Gasteiger partial charge in [0.15, 0.2) is 0 Å². The third-order valence-electron chi connectivity index (χ3n) is 6.92. The zero-order chi connectivity index (χ0) is 26.1. The first-order valence-electron chi connectivity index (χ1n) is 12.5. The number of nitrogens with one attached hydrogen (secondary N) is 1. The van der Waals surface area contributed by atoms with Crippen molar-refractivity contribution in [3.63, 3.8) is 0 Å². The van der Waals surface area contributed by atoms with E-state index in [1.165, 1.54) is 31.4 Å². The molecule has 2 saturated carbocycles. The Bertz CT molecular complexity index is 928. The van der Waals surface area contributed by atoms with Crippen LogP contribution in [0.5, 0.6) is 0 Å². The molecule has 5 nitrogen and oxygen atoms in total. The van der Waals surface area contributed by atoms with Crippen LogP contribution in [0.4, 0.5) is 18.0 Å². The molecule has 1 atom stereocenters. The number of alkyl carbamates (subject to hydrolysis) is 1. The molecule has 2 fully saturated rings. The molecule has 4 rings (SSSR count). The number of benzene rings is 2. The standard InChI is InChI=1S/C22H29F3N2O3.C6H6/c1-14(22(23,24)25)16-5-7-17(8-6-16)20(28)27(19-11-12-19)18-9-3-15(4-10-18)13-26-21(29)30-2;1-2-4-6-5-3-1/h5-8,14-15,18-19H,3-4,9-13H2,1-2H3,(H,26,29);1-6H/t14-,15?,18?;/m1./s1. The molecule has 2 aromatic carbocycles. The molecule has 0 bridgehead atoms. The summed E-state index contributed by atoms with van der Waals surface area (Å²) in [5.74, 6) is -1.30. The van der Waals surface area contributed by atoms with E-state index in [2.05, 4.69) is 10.1 Å². The predicted molar refractivity (Wildman–Crippen MR) is 133 cm³/mol. The van der Waals surface area contributed by atoms with Gasteiger partial charge in [-0.2, -0.15) is 13.2 Å². The number of hydrogen-bond acceptors (Lipinski definition) is 3. The summed E-state index contributed by atoms with van der Waals surface area (Å²) in [5, 5.41) is 2.73. The lowest BCUT2D eigenvalue weighted by Crippen LogP contribution is -2.44. The van der Waals surface area contributed by atoms with Crippen molar-refractivity contribution in [1.29, 1.82) is 0 Å². The normalized spacial score (nSPS) is 20.4. The maximum Gasteiger partial charge on any atom is 0.406 e. The number of alkyl halides is 3. The zero-order valence-corrected chi connectivity index (χ0v) is 20.8. The molecule has 2 aliphatic rings. The summed E-state index contributed by atoms with van der Waals surface area (Å²) in [5.41, 5.74) is 0.602. The summed E-state index contributed by atoms with van der Waals surface area (Å²) in [4.78, 5) is 26.4. The number of amides is 2. The summed E-state index contributed by atoms with van der Waals surface area (Å²) < 4.78 is 43.4. The van der Waals surface area contributed by atoms with Crippen LogP contribution in [-0.4, -0.2) is 48.8 Å². The summed E-state index contributed by atoms with van der Waals surface area (Å²) in [6.07, 6.45) is 0.748. The van der Waals surface area contributed by atoms with Gasteiger partial charge in [0, 0.05) is 24.2 Å². The van der Waals surface area contributed by atoms with Gasteiger partial charge >= 0.3 is 12.3 Å². The van der Waals surface area contributed by atoms with Crippen LogP contribution in [0.3, 0.4) is 0 Å². The van der Waals surface area contributed by atoms with E-state index in [-0.39, 0.29) is 23.6 Å². The fraction of sp³-hybridized carbons (Fsp3) is 0.500. The molecule has 0 heterocycles. The summed E-state index contributed by atoms with van der Waals surface area (Å²) in [6.45, 7) is 1.69. The van der Waals surface area contributed by atoms with E-state index in [0.717, 1.165) is 45.4 Å². The van der Waals surface area contributed by atoms with Gasteiger partial charge in [-0.1, -0.05) is 48.5 Å². The molecular formula is C28H35F3N2O3. The Morgan fingerprint density at radius 3 is 1.81 bits per heavy atom. The third kappa shape index (κ3) is 8.00. The zero-order valence-electron chi connectivity index (χ0n) is 20.8.